The summed E-state index contributed by atoms with van der Waals surface area (Å²) in [5.41, 5.74) is 2.92. The van der Waals surface area contributed by atoms with Crippen LogP contribution in [0, 0.1) is 0 Å². The van der Waals surface area contributed by atoms with Crippen LogP contribution < -0.4 is 5.32 Å². The fourth-order valence-corrected chi connectivity index (χ4v) is 8.11. The number of nitrogens with zero attached hydrogens (tertiary/aromatic N) is 5. The van der Waals surface area contributed by atoms with Crippen LogP contribution >= 0.6 is 31.9 Å². The first-order chi connectivity index (χ1) is 22.7. The zero-order chi connectivity index (χ0) is 32.9. The number of fused-ring (bicyclic) bond motifs is 1. The van der Waals surface area contributed by atoms with Crippen molar-refractivity contribution in [2.45, 2.75) is 63.1 Å². The number of carbonyl (C=O) groups excluding carboxylic acids is 3. The van der Waals surface area contributed by atoms with Crippen molar-refractivity contribution in [3.63, 3.8) is 0 Å². The Kier molecular flexibility index (Phi) is 11.4. The molecule has 254 valence electrons. The molecule has 0 aliphatic carbocycles. The summed E-state index contributed by atoms with van der Waals surface area (Å²) < 4.78 is 7.91. The van der Waals surface area contributed by atoms with E-state index in [2.05, 4.69) is 60.1 Å². The second kappa shape index (κ2) is 15.7. The Bertz CT molecular complexity index is 1430. The van der Waals surface area contributed by atoms with E-state index in [1.54, 1.807) is 4.90 Å². The van der Waals surface area contributed by atoms with E-state index in [1.165, 1.54) is 0 Å². The van der Waals surface area contributed by atoms with Crippen LogP contribution in [-0.4, -0.2) is 127 Å². The van der Waals surface area contributed by atoms with Gasteiger partial charge in [0.2, 0.25) is 0 Å². The number of urea groups is 1. The lowest BCUT2D eigenvalue weighted by Crippen LogP contribution is -2.51. The summed E-state index contributed by atoms with van der Waals surface area (Å²) >= 11 is 7.11. The zero-order valence-corrected chi connectivity index (χ0v) is 30.4. The molecule has 0 aromatic heterocycles. The molecule has 2 aromatic carbocycles. The number of nitrogens with one attached hydrogen (secondary N) is 1. The smallest absolute Gasteiger partial charge is 0.410 e. The predicted octanol–water partition coefficient (Wildman–Crippen LogP) is 5.44. The van der Waals surface area contributed by atoms with Crippen molar-refractivity contribution >= 4 is 55.6 Å². The third kappa shape index (κ3) is 8.50. The molecule has 10 nitrogen and oxygen atoms in total. The monoisotopic (exact) mass is 772 g/mol. The highest BCUT2D eigenvalue weighted by Gasteiger charge is 2.35. The third-order valence-electron chi connectivity index (χ3n) is 10.3. The second-order valence-corrected chi connectivity index (χ2v) is 15.0. The molecular weight excluding hydrogens is 728 g/mol. The van der Waals surface area contributed by atoms with Crippen LogP contribution in [0.4, 0.5) is 15.3 Å². The number of benzene rings is 2. The van der Waals surface area contributed by atoms with Gasteiger partial charge >= 0.3 is 12.1 Å². The lowest BCUT2D eigenvalue weighted by atomic mass is 10.0. The molecule has 0 bridgehead atoms. The highest BCUT2D eigenvalue weighted by atomic mass is 79.9. The summed E-state index contributed by atoms with van der Waals surface area (Å²) in [6, 6.07) is 14.3. The molecule has 4 aliphatic rings. The standard InChI is InChI=1S/C35H46Br2N6O4/c1-39-16-10-27(11-17-39)40-14-4-15-41(22-21-40)33(44)32(24-25-7-8-29(36)30(37)23-25)47-35(46)42-18-12-28(13-19-42)43-20-9-26-5-2-3-6-31(26)38-34(43)45/h2-3,5-8,23,27-28,32H,4,9-22,24H2,1H3,(H,38,45)/t32-/m1/s1. The van der Waals surface area contributed by atoms with Crippen molar-refractivity contribution in [3.8, 4) is 0 Å². The number of hydrogen-bond donors (Lipinski definition) is 1. The first-order valence-electron chi connectivity index (χ1n) is 17.0. The first-order valence-corrected chi connectivity index (χ1v) is 18.6. The highest BCUT2D eigenvalue weighted by molar-refractivity contribution is 9.13. The van der Waals surface area contributed by atoms with Crippen LogP contribution in [-0.2, 0) is 22.4 Å². The molecule has 6 rings (SSSR count). The lowest BCUT2D eigenvalue weighted by Gasteiger charge is -2.38. The summed E-state index contributed by atoms with van der Waals surface area (Å²) in [5, 5.41) is 3.06. The number of hydrogen-bond acceptors (Lipinski definition) is 6. The molecule has 4 heterocycles. The van der Waals surface area contributed by atoms with E-state index in [4.69, 9.17) is 4.74 Å². The summed E-state index contributed by atoms with van der Waals surface area (Å²) in [7, 11) is 2.18. The van der Waals surface area contributed by atoms with E-state index in [0.717, 1.165) is 77.6 Å². The highest BCUT2D eigenvalue weighted by Crippen LogP contribution is 2.27. The minimum atomic E-state index is -0.918. The van der Waals surface area contributed by atoms with Crippen molar-refractivity contribution in [2.75, 3.05) is 71.3 Å². The molecule has 4 amide bonds. The molecule has 0 unspecified atom stereocenters. The van der Waals surface area contributed by atoms with Crippen molar-refractivity contribution in [3.05, 3.63) is 62.5 Å². The van der Waals surface area contributed by atoms with Crippen LogP contribution in [0.15, 0.2) is 51.4 Å². The molecule has 12 heteroatoms. The number of rotatable bonds is 6. The Hall–Kier alpha value is -2.67. The van der Waals surface area contributed by atoms with Crippen molar-refractivity contribution < 1.29 is 19.1 Å². The predicted molar refractivity (Wildman–Crippen MR) is 190 cm³/mol. The van der Waals surface area contributed by atoms with Crippen LogP contribution in [0.5, 0.6) is 0 Å². The van der Waals surface area contributed by atoms with E-state index < -0.39 is 12.2 Å². The number of carbonyl (C=O) groups is 3. The fraction of sp³-hybridized carbons (Fsp3) is 0.571. The number of halogens is 2. The number of para-hydroxylation sites is 1. The summed E-state index contributed by atoms with van der Waals surface area (Å²) in [6.07, 6.45) is 4.27. The maximum Gasteiger partial charge on any atom is 0.410 e. The summed E-state index contributed by atoms with van der Waals surface area (Å²) in [4.78, 5) is 51.3. The number of ether oxygens (including phenoxy) is 1. The van der Waals surface area contributed by atoms with E-state index in [1.807, 2.05) is 46.2 Å². The van der Waals surface area contributed by atoms with Gasteiger partial charge in [-0.25, -0.2) is 9.59 Å². The van der Waals surface area contributed by atoms with Crippen LogP contribution in [0.3, 0.4) is 0 Å². The number of anilines is 1. The van der Waals surface area contributed by atoms with Gasteiger partial charge in [0, 0.05) is 79.0 Å². The van der Waals surface area contributed by atoms with Gasteiger partial charge in [0.1, 0.15) is 0 Å². The van der Waals surface area contributed by atoms with Gasteiger partial charge in [-0.2, -0.15) is 0 Å². The minimum absolute atomic E-state index is 0.0375. The molecule has 4 aliphatic heterocycles. The van der Waals surface area contributed by atoms with E-state index in [0.29, 0.717) is 58.0 Å². The topological polar surface area (TPSA) is 88.7 Å². The van der Waals surface area contributed by atoms with Gasteiger partial charge in [-0.15, -0.1) is 0 Å². The van der Waals surface area contributed by atoms with Crippen molar-refractivity contribution in [1.29, 1.82) is 0 Å². The van der Waals surface area contributed by atoms with Gasteiger partial charge in [-0.05, 0) is 120 Å². The van der Waals surface area contributed by atoms with Crippen LogP contribution in [0.2, 0.25) is 0 Å². The molecular formula is C35H46Br2N6O4. The van der Waals surface area contributed by atoms with Gasteiger partial charge < -0.3 is 29.7 Å². The van der Waals surface area contributed by atoms with Gasteiger partial charge in [0.15, 0.2) is 6.10 Å². The van der Waals surface area contributed by atoms with Crippen LogP contribution in [0.25, 0.3) is 0 Å². The van der Waals surface area contributed by atoms with E-state index in [-0.39, 0.29) is 18.0 Å². The maximum atomic E-state index is 14.1. The minimum Gasteiger partial charge on any atom is -0.436 e. The van der Waals surface area contributed by atoms with Gasteiger partial charge in [0.05, 0.1) is 0 Å². The van der Waals surface area contributed by atoms with E-state index >= 15 is 0 Å². The fourth-order valence-electron chi connectivity index (χ4n) is 7.44. The molecule has 0 radical (unpaired) electrons. The average Bonchev–Trinajstić information content (AvgIpc) is 3.43. The van der Waals surface area contributed by atoms with E-state index in [9.17, 15) is 14.4 Å². The van der Waals surface area contributed by atoms with Gasteiger partial charge in [-0.1, -0.05) is 24.3 Å². The quantitative estimate of drug-likeness (QED) is 0.421. The Balaban J connectivity index is 1.08. The second-order valence-electron chi connectivity index (χ2n) is 13.3. The number of likely N-dealkylation sites (tertiary alicyclic amines) is 2. The van der Waals surface area contributed by atoms with Crippen molar-refractivity contribution in [1.82, 2.24) is 24.5 Å². The van der Waals surface area contributed by atoms with Crippen molar-refractivity contribution in [2.24, 2.45) is 0 Å². The normalized spacial score (nSPS) is 21.4. The zero-order valence-electron chi connectivity index (χ0n) is 27.2. The lowest BCUT2D eigenvalue weighted by molar-refractivity contribution is -0.140. The molecule has 3 fully saturated rings. The van der Waals surface area contributed by atoms with Gasteiger partial charge in [0.25, 0.3) is 5.91 Å². The molecule has 47 heavy (non-hydrogen) atoms. The molecule has 2 aromatic rings. The Labute approximate surface area is 295 Å². The maximum absolute atomic E-state index is 14.1. The summed E-state index contributed by atoms with van der Waals surface area (Å²) in [6.45, 7) is 6.93. The molecule has 0 saturated carbocycles. The molecule has 1 atom stereocenters. The summed E-state index contributed by atoms with van der Waals surface area (Å²) in [5.74, 6) is -0.127. The number of piperidine rings is 2. The third-order valence-corrected chi connectivity index (χ3v) is 12.2. The Morgan fingerprint density at radius 1 is 0.851 bits per heavy atom. The Morgan fingerprint density at radius 2 is 1.60 bits per heavy atom. The Morgan fingerprint density at radius 3 is 2.36 bits per heavy atom. The molecule has 3 saturated heterocycles. The van der Waals surface area contributed by atoms with Crippen LogP contribution in [0.1, 0.15) is 43.2 Å². The van der Waals surface area contributed by atoms with Gasteiger partial charge in [-0.3, -0.25) is 9.69 Å². The largest absolute Gasteiger partial charge is 0.436 e. The molecule has 0 spiro atoms. The average molecular weight is 775 g/mol. The molecule has 1 N–H and O–H groups in total. The first kappa shape index (κ1) is 34.2. The number of amides is 4. The SMILES string of the molecule is CN1CCC(N2CCCN(C(=O)[C@@H](Cc3ccc(Br)c(Br)c3)OC(=O)N3CCC(N4CCc5ccccc5NC4=O)CC3)CC2)CC1.